The average Bonchev–Trinajstić information content (AvgIpc) is 2.20. The molecule has 0 aliphatic carbocycles. The van der Waals surface area contributed by atoms with E-state index >= 15 is 0 Å². The van der Waals surface area contributed by atoms with Gasteiger partial charge in [0, 0.05) is 4.90 Å². The molecule has 1 atom stereocenters. The molecule has 0 bridgehead atoms. The largest absolute Gasteiger partial charge is 0.481 e. The minimum absolute atomic E-state index is 0.321. The van der Waals surface area contributed by atoms with Crippen LogP contribution in [0.15, 0.2) is 23.1 Å². The van der Waals surface area contributed by atoms with Crippen LogP contribution in [-0.2, 0) is 11.2 Å². The molecule has 1 aromatic rings. The lowest BCUT2D eigenvalue weighted by atomic mass is 10.0. The maximum Gasteiger partial charge on any atom is 0.306 e. The Morgan fingerprint density at radius 2 is 2.20 bits per heavy atom. The summed E-state index contributed by atoms with van der Waals surface area (Å²) in [5, 5.41) is 8.85. The minimum atomic E-state index is -0.734. The molecule has 0 saturated carbocycles. The Kier molecular flexibility index (Phi) is 4.21. The van der Waals surface area contributed by atoms with Gasteiger partial charge in [-0.25, -0.2) is 0 Å². The van der Waals surface area contributed by atoms with E-state index in [2.05, 4.69) is 6.07 Å². The lowest BCUT2D eigenvalue weighted by Gasteiger charge is -2.10. The number of carboxylic acid groups (broad SMARTS) is 1. The van der Waals surface area contributed by atoms with Crippen molar-refractivity contribution in [3.8, 4) is 0 Å². The van der Waals surface area contributed by atoms with Gasteiger partial charge in [-0.05, 0) is 31.2 Å². The summed E-state index contributed by atoms with van der Waals surface area (Å²) in [6.07, 6.45) is 2.62. The summed E-state index contributed by atoms with van der Waals surface area (Å²) >= 11 is 1.67. The van der Waals surface area contributed by atoms with Gasteiger partial charge in [-0.2, -0.15) is 0 Å². The third-order valence-electron chi connectivity index (χ3n) is 2.39. The molecule has 3 heteroatoms. The highest BCUT2D eigenvalue weighted by Crippen LogP contribution is 2.24. The second-order valence-corrected chi connectivity index (χ2v) is 4.61. The van der Waals surface area contributed by atoms with Gasteiger partial charge < -0.3 is 5.11 Å². The summed E-state index contributed by atoms with van der Waals surface area (Å²) in [5.74, 6) is -1.05. The van der Waals surface area contributed by atoms with Crippen LogP contribution in [-0.4, -0.2) is 17.3 Å². The van der Waals surface area contributed by atoms with Crippen LogP contribution in [0, 0.1) is 12.8 Å². The zero-order valence-electron chi connectivity index (χ0n) is 9.28. The Morgan fingerprint density at radius 3 is 2.73 bits per heavy atom. The van der Waals surface area contributed by atoms with Crippen LogP contribution >= 0.6 is 11.8 Å². The molecule has 0 saturated heterocycles. The molecule has 1 rings (SSSR count). The van der Waals surface area contributed by atoms with Gasteiger partial charge in [-0.15, -0.1) is 11.8 Å². The number of benzene rings is 1. The standard InChI is InChI=1S/C12H16O2S/c1-8-4-5-10(11(6-8)15-3)7-9(2)12(13)14/h4-6,9H,7H2,1-3H3,(H,13,14). The summed E-state index contributed by atoms with van der Waals surface area (Å²) in [7, 11) is 0. The lowest BCUT2D eigenvalue weighted by Crippen LogP contribution is -2.12. The number of carbonyl (C=O) groups is 1. The van der Waals surface area contributed by atoms with Crippen molar-refractivity contribution >= 4 is 17.7 Å². The summed E-state index contributed by atoms with van der Waals surface area (Å²) in [6, 6.07) is 6.17. The van der Waals surface area contributed by atoms with E-state index in [0.29, 0.717) is 6.42 Å². The molecule has 82 valence electrons. The quantitative estimate of drug-likeness (QED) is 0.799. The zero-order chi connectivity index (χ0) is 11.4. The van der Waals surface area contributed by atoms with Crippen molar-refractivity contribution in [1.29, 1.82) is 0 Å². The van der Waals surface area contributed by atoms with E-state index in [9.17, 15) is 4.79 Å². The molecule has 0 aromatic heterocycles. The highest BCUT2D eigenvalue weighted by atomic mass is 32.2. The zero-order valence-corrected chi connectivity index (χ0v) is 10.1. The smallest absolute Gasteiger partial charge is 0.306 e. The van der Waals surface area contributed by atoms with Crippen LogP contribution in [0.3, 0.4) is 0 Å². The molecule has 0 heterocycles. The molecule has 1 aromatic carbocycles. The first-order valence-electron chi connectivity index (χ1n) is 4.91. The number of rotatable bonds is 4. The second-order valence-electron chi connectivity index (χ2n) is 3.76. The van der Waals surface area contributed by atoms with Crippen LogP contribution in [0.5, 0.6) is 0 Å². The van der Waals surface area contributed by atoms with Gasteiger partial charge in [-0.3, -0.25) is 4.79 Å². The van der Waals surface area contributed by atoms with E-state index in [1.165, 1.54) is 10.5 Å². The average molecular weight is 224 g/mol. The number of thioether (sulfide) groups is 1. The molecule has 0 fully saturated rings. The fourth-order valence-electron chi connectivity index (χ4n) is 1.44. The maximum atomic E-state index is 10.8. The monoisotopic (exact) mass is 224 g/mol. The maximum absolute atomic E-state index is 10.8. The molecule has 1 unspecified atom stereocenters. The first-order valence-corrected chi connectivity index (χ1v) is 6.13. The Labute approximate surface area is 94.7 Å². The van der Waals surface area contributed by atoms with Crippen molar-refractivity contribution in [2.75, 3.05) is 6.26 Å². The van der Waals surface area contributed by atoms with Gasteiger partial charge >= 0.3 is 5.97 Å². The third-order valence-corrected chi connectivity index (χ3v) is 3.21. The number of aliphatic carboxylic acids is 1. The van der Waals surface area contributed by atoms with Crippen molar-refractivity contribution in [3.05, 3.63) is 29.3 Å². The van der Waals surface area contributed by atoms with E-state index in [0.717, 1.165) is 5.56 Å². The van der Waals surface area contributed by atoms with Crippen molar-refractivity contribution in [2.45, 2.75) is 25.2 Å². The SMILES string of the molecule is CSc1cc(C)ccc1CC(C)C(=O)O. The molecule has 0 aliphatic rings. The Hall–Kier alpha value is -0.960. The molecule has 2 nitrogen and oxygen atoms in total. The predicted molar refractivity (Wildman–Crippen MR) is 63.5 cm³/mol. The molecular formula is C12H16O2S. The van der Waals surface area contributed by atoms with E-state index in [4.69, 9.17) is 5.11 Å². The van der Waals surface area contributed by atoms with Crippen molar-refractivity contribution in [2.24, 2.45) is 5.92 Å². The van der Waals surface area contributed by atoms with Gasteiger partial charge in [0.25, 0.3) is 0 Å². The van der Waals surface area contributed by atoms with Crippen molar-refractivity contribution in [1.82, 2.24) is 0 Å². The molecule has 0 aliphatic heterocycles. The topological polar surface area (TPSA) is 37.3 Å². The van der Waals surface area contributed by atoms with Gasteiger partial charge in [0.15, 0.2) is 0 Å². The molecule has 0 amide bonds. The van der Waals surface area contributed by atoms with Gasteiger partial charge in [0.05, 0.1) is 5.92 Å². The molecule has 15 heavy (non-hydrogen) atoms. The minimum Gasteiger partial charge on any atom is -0.481 e. The number of aryl methyl sites for hydroxylation is 1. The first-order chi connectivity index (χ1) is 7.04. The predicted octanol–water partition coefficient (Wildman–Crippen LogP) is 2.98. The summed E-state index contributed by atoms with van der Waals surface area (Å²) < 4.78 is 0. The number of carboxylic acids is 1. The first kappa shape index (κ1) is 12.1. The van der Waals surface area contributed by atoms with Crippen molar-refractivity contribution in [3.63, 3.8) is 0 Å². The van der Waals surface area contributed by atoms with E-state index < -0.39 is 5.97 Å². The molecule has 1 N–H and O–H groups in total. The summed E-state index contributed by atoms with van der Waals surface area (Å²) in [4.78, 5) is 11.9. The lowest BCUT2D eigenvalue weighted by molar-refractivity contribution is -0.141. The summed E-state index contributed by atoms with van der Waals surface area (Å²) in [5.41, 5.74) is 2.34. The second kappa shape index (κ2) is 5.21. The van der Waals surface area contributed by atoms with Crippen LogP contribution in [0.2, 0.25) is 0 Å². The highest BCUT2D eigenvalue weighted by molar-refractivity contribution is 7.98. The Bertz CT molecular complexity index is 361. The Balaban J connectivity index is 2.89. The van der Waals surface area contributed by atoms with Crippen LogP contribution in [0.1, 0.15) is 18.1 Å². The number of hydrogen-bond acceptors (Lipinski definition) is 2. The Morgan fingerprint density at radius 1 is 1.53 bits per heavy atom. The molecule has 0 spiro atoms. The molecular weight excluding hydrogens is 208 g/mol. The third kappa shape index (κ3) is 3.27. The van der Waals surface area contributed by atoms with E-state index in [-0.39, 0.29) is 5.92 Å². The fraction of sp³-hybridized carbons (Fsp3) is 0.417. The molecule has 0 radical (unpaired) electrons. The van der Waals surface area contributed by atoms with Gasteiger partial charge in [0.2, 0.25) is 0 Å². The van der Waals surface area contributed by atoms with Crippen molar-refractivity contribution < 1.29 is 9.90 Å². The number of hydrogen-bond donors (Lipinski definition) is 1. The normalized spacial score (nSPS) is 12.5. The van der Waals surface area contributed by atoms with Crippen LogP contribution in [0.25, 0.3) is 0 Å². The van der Waals surface area contributed by atoms with Gasteiger partial charge in [-0.1, -0.05) is 24.6 Å². The highest BCUT2D eigenvalue weighted by Gasteiger charge is 2.13. The van der Waals surface area contributed by atoms with E-state index in [1.54, 1.807) is 18.7 Å². The van der Waals surface area contributed by atoms with Gasteiger partial charge in [0.1, 0.15) is 0 Å². The van der Waals surface area contributed by atoms with Crippen LogP contribution in [0.4, 0.5) is 0 Å². The van der Waals surface area contributed by atoms with E-state index in [1.807, 2.05) is 25.3 Å². The van der Waals surface area contributed by atoms with Crippen LogP contribution < -0.4 is 0 Å². The summed E-state index contributed by atoms with van der Waals surface area (Å²) in [6.45, 7) is 3.79. The fourth-order valence-corrected chi connectivity index (χ4v) is 2.15.